The molecule has 1 aromatic rings. The molecule has 0 saturated heterocycles. The van der Waals surface area contributed by atoms with Gasteiger partial charge < -0.3 is 10.6 Å². The average molecular weight is 298 g/mol. The van der Waals surface area contributed by atoms with Crippen LogP contribution in [0, 0.1) is 11.8 Å². The summed E-state index contributed by atoms with van der Waals surface area (Å²) >= 11 is 6.74. The minimum atomic E-state index is -0.370. The van der Waals surface area contributed by atoms with Gasteiger partial charge >= 0.3 is 0 Å². The van der Waals surface area contributed by atoms with Crippen LogP contribution in [0.3, 0.4) is 0 Å². The molecular formula is C14H22N2OS2. The number of thiophene rings is 1. The van der Waals surface area contributed by atoms with Crippen LogP contribution in [0.4, 0.5) is 0 Å². The molecule has 0 spiro atoms. The van der Waals surface area contributed by atoms with E-state index in [0.717, 1.165) is 6.42 Å². The fraction of sp³-hybridized carbons (Fsp3) is 0.571. The highest BCUT2D eigenvalue weighted by molar-refractivity contribution is 7.80. The number of rotatable bonds is 6. The van der Waals surface area contributed by atoms with Crippen LogP contribution in [0.2, 0.25) is 0 Å². The van der Waals surface area contributed by atoms with Crippen molar-refractivity contribution < 1.29 is 4.79 Å². The lowest BCUT2D eigenvalue weighted by molar-refractivity contribution is -0.134. The van der Waals surface area contributed by atoms with Gasteiger partial charge in [0.2, 0.25) is 5.91 Å². The lowest BCUT2D eigenvalue weighted by Crippen LogP contribution is -2.45. The first kappa shape index (κ1) is 16.1. The minimum absolute atomic E-state index is 0.0200. The van der Waals surface area contributed by atoms with Gasteiger partial charge in [-0.2, -0.15) is 0 Å². The topological polar surface area (TPSA) is 46.3 Å². The first-order chi connectivity index (χ1) is 8.84. The van der Waals surface area contributed by atoms with Crippen molar-refractivity contribution in [3.63, 3.8) is 0 Å². The molecule has 0 aliphatic rings. The van der Waals surface area contributed by atoms with Crippen molar-refractivity contribution in [2.24, 2.45) is 17.6 Å². The number of nitrogens with two attached hydrogens (primary N) is 1. The van der Waals surface area contributed by atoms with E-state index in [-0.39, 0.29) is 28.8 Å². The number of nitrogens with zero attached hydrogens (tertiary/aromatic N) is 1. The highest BCUT2D eigenvalue weighted by Crippen LogP contribution is 2.18. The molecule has 0 bridgehead atoms. The summed E-state index contributed by atoms with van der Waals surface area (Å²) in [6.07, 6.45) is 0.863. The number of carbonyl (C=O) groups is 1. The van der Waals surface area contributed by atoms with Gasteiger partial charge in [-0.1, -0.05) is 32.1 Å². The average Bonchev–Trinajstić information content (AvgIpc) is 2.79. The molecule has 106 valence electrons. The maximum atomic E-state index is 12.5. The lowest BCUT2D eigenvalue weighted by Gasteiger charge is -2.30. The third-order valence-electron chi connectivity index (χ3n) is 3.32. The summed E-state index contributed by atoms with van der Waals surface area (Å²) in [7, 11) is 1.83. The fourth-order valence-corrected chi connectivity index (χ4v) is 3.23. The first-order valence-electron chi connectivity index (χ1n) is 6.43. The van der Waals surface area contributed by atoms with Crippen LogP contribution in [0.25, 0.3) is 0 Å². The second-order valence-electron chi connectivity index (χ2n) is 5.21. The van der Waals surface area contributed by atoms with Crippen LogP contribution in [0.15, 0.2) is 17.5 Å². The summed E-state index contributed by atoms with van der Waals surface area (Å²) in [6, 6.07) is 4.26. The summed E-state index contributed by atoms with van der Waals surface area (Å²) in [4.78, 5) is 15.8. The Bertz CT molecular complexity index is 429. The van der Waals surface area contributed by atoms with Crippen molar-refractivity contribution in [1.82, 2.24) is 4.90 Å². The summed E-state index contributed by atoms with van der Waals surface area (Å²) in [5.74, 6) is -0.223. The van der Waals surface area contributed by atoms with Crippen LogP contribution in [0.5, 0.6) is 0 Å². The molecule has 0 aliphatic heterocycles. The van der Waals surface area contributed by atoms with Crippen LogP contribution in [-0.4, -0.2) is 28.9 Å². The molecule has 3 nitrogen and oxygen atoms in total. The van der Waals surface area contributed by atoms with E-state index in [1.54, 1.807) is 16.2 Å². The molecule has 0 saturated carbocycles. The van der Waals surface area contributed by atoms with Crippen LogP contribution >= 0.6 is 23.6 Å². The van der Waals surface area contributed by atoms with Crippen LogP contribution in [0.1, 0.15) is 25.6 Å². The molecule has 1 amide bonds. The Balaban J connectivity index is 2.72. The molecule has 19 heavy (non-hydrogen) atoms. The molecule has 2 unspecified atom stereocenters. The number of thiocarbonyl (C=S) groups is 1. The van der Waals surface area contributed by atoms with E-state index in [4.69, 9.17) is 18.0 Å². The third kappa shape index (κ3) is 4.28. The van der Waals surface area contributed by atoms with Gasteiger partial charge in [0, 0.05) is 24.4 Å². The van der Waals surface area contributed by atoms with Crippen molar-refractivity contribution >= 4 is 34.5 Å². The number of hydrogen-bond acceptors (Lipinski definition) is 3. The number of likely N-dealkylation sites (N-methyl/N-ethyl adjacent to an activating group) is 1. The highest BCUT2D eigenvalue weighted by Gasteiger charge is 2.29. The molecule has 2 atom stereocenters. The number of hydrogen-bond donors (Lipinski definition) is 1. The Kier molecular flexibility index (Phi) is 5.94. The fourth-order valence-electron chi connectivity index (χ4n) is 2.03. The molecule has 0 fully saturated rings. The van der Waals surface area contributed by atoms with Crippen molar-refractivity contribution in [3.8, 4) is 0 Å². The molecule has 0 aliphatic carbocycles. The lowest BCUT2D eigenvalue weighted by atomic mass is 9.93. The first-order valence-corrected chi connectivity index (χ1v) is 7.71. The third-order valence-corrected chi connectivity index (χ3v) is 4.48. The quantitative estimate of drug-likeness (QED) is 0.821. The zero-order chi connectivity index (χ0) is 14.6. The Hall–Kier alpha value is -0.940. The van der Waals surface area contributed by atoms with Gasteiger partial charge in [0.15, 0.2) is 0 Å². The molecule has 0 radical (unpaired) electrons. The predicted octanol–water partition coefficient (Wildman–Crippen LogP) is 2.70. The van der Waals surface area contributed by atoms with Gasteiger partial charge in [0.05, 0.1) is 10.9 Å². The zero-order valence-corrected chi connectivity index (χ0v) is 13.6. The van der Waals surface area contributed by atoms with Crippen molar-refractivity contribution in [3.05, 3.63) is 22.4 Å². The minimum Gasteiger partial charge on any atom is -0.393 e. The van der Waals surface area contributed by atoms with Gasteiger partial charge in [0.1, 0.15) is 0 Å². The molecule has 5 heteroatoms. The molecule has 1 aromatic heterocycles. The van der Waals surface area contributed by atoms with E-state index in [1.807, 2.05) is 27.0 Å². The molecule has 0 aromatic carbocycles. The van der Waals surface area contributed by atoms with Gasteiger partial charge in [-0.15, -0.1) is 11.3 Å². The number of carbonyl (C=O) groups excluding carboxylic acids is 1. The monoisotopic (exact) mass is 298 g/mol. The van der Waals surface area contributed by atoms with Gasteiger partial charge in [-0.25, -0.2) is 0 Å². The Morgan fingerprint density at radius 1 is 1.47 bits per heavy atom. The van der Waals surface area contributed by atoms with E-state index >= 15 is 0 Å². The molecule has 2 N–H and O–H groups in total. The van der Waals surface area contributed by atoms with Gasteiger partial charge in [0.25, 0.3) is 0 Å². The Morgan fingerprint density at radius 3 is 2.53 bits per heavy atom. The van der Waals surface area contributed by atoms with Crippen molar-refractivity contribution in [2.75, 3.05) is 7.05 Å². The van der Waals surface area contributed by atoms with E-state index in [2.05, 4.69) is 18.4 Å². The Morgan fingerprint density at radius 2 is 2.11 bits per heavy atom. The second kappa shape index (κ2) is 7.01. The smallest absolute Gasteiger partial charge is 0.232 e. The largest absolute Gasteiger partial charge is 0.393 e. The van der Waals surface area contributed by atoms with Crippen LogP contribution in [-0.2, 0) is 11.2 Å². The van der Waals surface area contributed by atoms with Gasteiger partial charge in [-0.05, 0) is 24.3 Å². The maximum absolute atomic E-state index is 12.5. The normalized spacial score (nSPS) is 14.2. The van der Waals surface area contributed by atoms with E-state index in [0.29, 0.717) is 0 Å². The predicted molar refractivity (Wildman–Crippen MR) is 85.4 cm³/mol. The summed E-state index contributed by atoms with van der Waals surface area (Å²) < 4.78 is 0. The van der Waals surface area contributed by atoms with Crippen molar-refractivity contribution in [1.29, 1.82) is 0 Å². The Labute approximate surface area is 124 Å². The highest BCUT2D eigenvalue weighted by atomic mass is 32.1. The van der Waals surface area contributed by atoms with Gasteiger partial charge in [-0.3, -0.25) is 4.79 Å². The summed E-state index contributed by atoms with van der Waals surface area (Å²) in [5.41, 5.74) is 5.70. The second-order valence-corrected chi connectivity index (χ2v) is 6.71. The van der Waals surface area contributed by atoms with Crippen LogP contribution < -0.4 is 5.73 Å². The van der Waals surface area contributed by atoms with E-state index < -0.39 is 0 Å². The van der Waals surface area contributed by atoms with Crippen molar-refractivity contribution in [2.45, 2.75) is 33.2 Å². The maximum Gasteiger partial charge on any atom is 0.232 e. The standard InChI is InChI=1S/C14H22N2OS2/c1-9(2)12(13(15)18)14(17)16(4)10(3)8-11-6-5-7-19-11/h5-7,9-10,12H,8H2,1-4H3,(H2,15,18). The molecule has 1 heterocycles. The SMILES string of the molecule is CC(C)C(C(=O)N(C)C(C)Cc1cccs1)C(N)=S. The molecule has 1 rings (SSSR count). The molecular weight excluding hydrogens is 276 g/mol. The number of amides is 1. The zero-order valence-electron chi connectivity index (χ0n) is 11.9. The van der Waals surface area contributed by atoms with E-state index in [9.17, 15) is 4.79 Å². The van der Waals surface area contributed by atoms with E-state index in [1.165, 1.54) is 4.88 Å². The summed E-state index contributed by atoms with van der Waals surface area (Å²) in [5, 5.41) is 2.05. The summed E-state index contributed by atoms with van der Waals surface area (Å²) in [6.45, 7) is 5.99.